The number of hydrogen-bond donors (Lipinski definition) is 0. The minimum atomic E-state index is -1.13. The van der Waals surface area contributed by atoms with Gasteiger partial charge < -0.3 is 9.47 Å². The average molecular weight is 366 g/mol. The Kier molecular flexibility index (Phi) is 4.92. The van der Waals surface area contributed by atoms with Crippen LogP contribution in [0.15, 0.2) is 42.6 Å². The van der Waals surface area contributed by atoms with Crippen molar-refractivity contribution in [1.82, 2.24) is 4.37 Å². The highest BCUT2D eigenvalue weighted by atomic mass is 32.1. The lowest BCUT2D eigenvalue weighted by Gasteiger charge is -2.25. The molecule has 3 aromatic rings. The molecule has 6 heteroatoms. The van der Waals surface area contributed by atoms with Crippen molar-refractivity contribution >= 4 is 27.6 Å². The van der Waals surface area contributed by atoms with Crippen LogP contribution in [0.3, 0.4) is 0 Å². The average Bonchev–Trinajstić information content (AvgIpc) is 3.10. The lowest BCUT2D eigenvalue weighted by molar-refractivity contribution is -0.158. The van der Waals surface area contributed by atoms with Gasteiger partial charge in [-0.1, -0.05) is 12.1 Å². The number of nitrogens with zero attached hydrogens (tertiary/aromatic N) is 2. The summed E-state index contributed by atoms with van der Waals surface area (Å²) >= 11 is 1.37. The van der Waals surface area contributed by atoms with Gasteiger partial charge in [-0.3, -0.25) is 0 Å². The molecule has 2 aromatic carbocycles. The van der Waals surface area contributed by atoms with E-state index >= 15 is 0 Å². The fourth-order valence-electron chi connectivity index (χ4n) is 2.61. The highest BCUT2D eigenvalue weighted by Gasteiger charge is 2.32. The fraction of sp³-hybridized carbons (Fsp3) is 0.250. The molecule has 0 N–H and O–H groups in total. The molecule has 1 heterocycles. The molecule has 26 heavy (non-hydrogen) atoms. The van der Waals surface area contributed by atoms with Crippen molar-refractivity contribution in [3.63, 3.8) is 0 Å². The van der Waals surface area contributed by atoms with Gasteiger partial charge in [0.15, 0.2) is 5.60 Å². The zero-order chi connectivity index (χ0) is 18.7. The lowest BCUT2D eigenvalue weighted by Crippen LogP contribution is -2.39. The molecule has 0 saturated carbocycles. The van der Waals surface area contributed by atoms with Crippen molar-refractivity contribution < 1.29 is 14.3 Å². The molecule has 3 rings (SSSR count). The van der Waals surface area contributed by atoms with Crippen LogP contribution in [-0.2, 0) is 9.53 Å². The molecule has 0 amide bonds. The fourth-order valence-corrected chi connectivity index (χ4v) is 3.42. The second-order valence-electron chi connectivity index (χ2n) is 6.20. The van der Waals surface area contributed by atoms with Gasteiger partial charge in [0.1, 0.15) is 5.75 Å². The molecule has 0 aliphatic rings. The summed E-state index contributed by atoms with van der Waals surface area (Å²) in [5, 5.41) is 10.0. The maximum Gasteiger partial charge on any atom is 0.349 e. The molecule has 0 spiro atoms. The number of carbonyl (C=O) groups is 1. The first-order valence-electron chi connectivity index (χ1n) is 8.20. The maximum atomic E-state index is 12.2. The lowest BCUT2D eigenvalue weighted by atomic mass is 10.0. The molecule has 0 fully saturated rings. The summed E-state index contributed by atoms with van der Waals surface area (Å²) in [5.41, 5.74) is 1.20. The van der Waals surface area contributed by atoms with Crippen LogP contribution in [0, 0.1) is 11.3 Å². The predicted octanol–water partition coefficient (Wildman–Crippen LogP) is 4.56. The van der Waals surface area contributed by atoms with Crippen molar-refractivity contribution in [3.8, 4) is 22.9 Å². The number of fused-ring (bicyclic) bond motifs is 1. The predicted molar refractivity (Wildman–Crippen MR) is 101 cm³/mol. The van der Waals surface area contributed by atoms with E-state index in [1.54, 1.807) is 39.1 Å². The number of rotatable bonds is 5. The number of benzene rings is 2. The first-order valence-corrected chi connectivity index (χ1v) is 8.97. The summed E-state index contributed by atoms with van der Waals surface area (Å²) < 4.78 is 16.4. The summed E-state index contributed by atoms with van der Waals surface area (Å²) in [7, 11) is 0. The standard InChI is InChI=1S/C20H18N2O3S/c1-4-24-19(23)20(2,3)25-16-10-9-15-12-22-26-18(15)17(16)14-7-5-13(11-21)6-8-14/h5-10,12H,4H2,1-3H3. The molecule has 0 bridgehead atoms. The van der Waals surface area contributed by atoms with Crippen LogP contribution in [0.4, 0.5) is 0 Å². The normalized spacial score (nSPS) is 11.2. The Labute approximate surface area is 156 Å². The SMILES string of the molecule is CCOC(=O)C(C)(C)Oc1ccc2cnsc2c1-c1ccc(C#N)cc1. The molecule has 0 saturated heterocycles. The van der Waals surface area contributed by atoms with Gasteiger partial charge in [0.05, 0.1) is 22.9 Å². The number of carbonyl (C=O) groups excluding carboxylic acids is 1. The number of esters is 1. The van der Waals surface area contributed by atoms with Crippen LogP contribution in [0.2, 0.25) is 0 Å². The Morgan fingerprint density at radius 3 is 2.62 bits per heavy atom. The van der Waals surface area contributed by atoms with Crippen LogP contribution in [0.25, 0.3) is 21.2 Å². The Balaban J connectivity index is 2.11. The van der Waals surface area contributed by atoms with Gasteiger partial charge in [-0.2, -0.15) is 9.64 Å². The van der Waals surface area contributed by atoms with Crippen molar-refractivity contribution in [2.24, 2.45) is 0 Å². The van der Waals surface area contributed by atoms with Crippen molar-refractivity contribution in [2.45, 2.75) is 26.4 Å². The van der Waals surface area contributed by atoms with E-state index in [2.05, 4.69) is 10.4 Å². The third-order valence-corrected chi connectivity index (χ3v) is 4.75. The van der Waals surface area contributed by atoms with Gasteiger partial charge in [0, 0.05) is 17.1 Å². The van der Waals surface area contributed by atoms with Gasteiger partial charge in [0.2, 0.25) is 0 Å². The van der Waals surface area contributed by atoms with Crippen molar-refractivity contribution in [1.29, 1.82) is 5.26 Å². The molecule has 132 valence electrons. The van der Waals surface area contributed by atoms with Crippen LogP contribution in [-0.4, -0.2) is 22.6 Å². The minimum Gasteiger partial charge on any atom is -0.475 e. The summed E-state index contributed by atoms with van der Waals surface area (Å²) in [6.45, 7) is 5.43. The van der Waals surface area contributed by atoms with E-state index in [9.17, 15) is 4.79 Å². The quantitative estimate of drug-likeness (QED) is 0.619. The van der Waals surface area contributed by atoms with E-state index in [-0.39, 0.29) is 0 Å². The smallest absolute Gasteiger partial charge is 0.349 e. The topological polar surface area (TPSA) is 72.2 Å². The second kappa shape index (κ2) is 7.14. The summed E-state index contributed by atoms with van der Waals surface area (Å²) in [5.74, 6) is 0.152. The molecule has 0 aliphatic heterocycles. The molecule has 0 radical (unpaired) electrons. The van der Waals surface area contributed by atoms with Crippen LogP contribution >= 0.6 is 11.5 Å². The van der Waals surface area contributed by atoms with E-state index in [4.69, 9.17) is 14.7 Å². The molecule has 0 aliphatic carbocycles. The van der Waals surface area contributed by atoms with Gasteiger partial charge in [-0.05, 0) is 62.1 Å². The molecule has 5 nitrogen and oxygen atoms in total. The number of hydrogen-bond acceptors (Lipinski definition) is 6. The first-order chi connectivity index (χ1) is 12.5. The van der Waals surface area contributed by atoms with Crippen LogP contribution < -0.4 is 4.74 Å². The highest BCUT2D eigenvalue weighted by molar-refractivity contribution is 7.14. The Bertz CT molecular complexity index is 984. The van der Waals surface area contributed by atoms with E-state index in [1.165, 1.54) is 11.5 Å². The second-order valence-corrected chi connectivity index (χ2v) is 7.01. The van der Waals surface area contributed by atoms with Crippen LogP contribution in [0.1, 0.15) is 26.3 Å². The van der Waals surface area contributed by atoms with Crippen molar-refractivity contribution in [3.05, 3.63) is 48.2 Å². The molecule has 0 unspecified atom stereocenters. The largest absolute Gasteiger partial charge is 0.475 e. The number of nitriles is 1. The maximum absolute atomic E-state index is 12.2. The first kappa shape index (κ1) is 17.9. The van der Waals surface area contributed by atoms with Gasteiger partial charge in [-0.25, -0.2) is 4.79 Å². The molecular formula is C20H18N2O3S. The summed E-state index contributed by atoms with van der Waals surface area (Å²) in [6.07, 6.45) is 1.80. The Morgan fingerprint density at radius 1 is 1.23 bits per heavy atom. The Hall–Kier alpha value is -2.91. The van der Waals surface area contributed by atoms with E-state index in [0.717, 1.165) is 21.2 Å². The van der Waals surface area contributed by atoms with Crippen LogP contribution in [0.5, 0.6) is 5.75 Å². The van der Waals surface area contributed by atoms with Gasteiger partial charge >= 0.3 is 5.97 Å². The van der Waals surface area contributed by atoms with Gasteiger partial charge in [-0.15, -0.1) is 0 Å². The number of aromatic nitrogens is 1. The molecular weight excluding hydrogens is 348 g/mol. The summed E-state index contributed by atoms with van der Waals surface area (Å²) in [6, 6.07) is 13.1. The van der Waals surface area contributed by atoms with E-state index in [1.807, 2.05) is 24.3 Å². The minimum absolute atomic E-state index is 0.294. The third kappa shape index (κ3) is 3.39. The zero-order valence-corrected chi connectivity index (χ0v) is 15.6. The van der Waals surface area contributed by atoms with Crippen molar-refractivity contribution in [2.75, 3.05) is 6.61 Å². The van der Waals surface area contributed by atoms with E-state index in [0.29, 0.717) is 17.9 Å². The third-order valence-electron chi connectivity index (χ3n) is 3.92. The summed E-state index contributed by atoms with van der Waals surface area (Å²) in [4.78, 5) is 12.2. The number of ether oxygens (including phenoxy) is 2. The Morgan fingerprint density at radius 2 is 1.96 bits per heavy atom. The van der Waals surface area contributed by atoms with E-state index < -0.39 is 11.6 Å². The highest BCUT2D eigenvalue weighted by Crippen LogP contribution is 2.40. The monoisotopic (exact) mass is 366 g/mol. The molecule has 1 aromatic heterocycles. The zero-order valence-electron chi connectivity index (χ0n) is 14.8. The van der Waals surface area contributed by atoms with Gasteiger partial charge in [0.25, 0.3) is 0 Å². The molecule has 0 atom stereocenters.